The third-order valence-corrected chi connectivity index (χ3v) is 6.48. The molecule has 0 saturated carbocycles. The number of aryl methyl sites for hydroxylation is 1. The highest BCUT2D eigenvalue weighted by Crippen LogP contribution is 2.37. The number of hydrogen-bond donors (Lipinski definition) is 1. The first-order chi connectivity index (χ1) is 11.0. The Morgan fingerprint density at radius 3 is 2.78 bits per heavy atom. The van der Waals surface area contributed by atoms with Crippen molar-refractivity contribution < 1.29 is 13.2 Å². The lowest BCUT2D eigenvalue weighted by atomic mass is 10.1. The van der Waals surface area contributed by atoms with E-state index in [0.29, 0.717) is 5.75 Å². The summed E-state index contributed by atoms with van der Waals surface area (Å²) < 4.78 is 33.8. The van der Waals surface area contributed by atoms with Crippen molar-refractivity contribution in [1.29, 1.82) is 0 Å². The summed E-state index contributed by atoms with van der Waals surface area (Å²) in [5.74, 6) is 1.26. The molecule has 0 fully saturated rings. The monoisotopic (exact) mass is 349 g/mol. The van der Waals surface area contributed by atoms with E-state index in [-0.39, 0.29) is 10.9 Å². The molecule has 1 aliphatic heterocycles. The lowest BCUT2D eigenvalue weighted by molar-refractivity contribution is 0.401. The minimum atomic E-state index is -3.65. The molecular weight excluding hydrogens is 330 g/mol. The molecule has 0 saturated heterocycles. The Hall–Kier alpha value is -1.50. The van der Waals surface area contributed by atoms with Crippen LogP contribution in [-0.4, -0.2) is 21.3 Å². The first-order valence-corrected chi connectivity index (χ1v) is 9.87. The first kappa shape index (κ1) is 16.4. The van der Waals surface area contributed by atoms with E-state index in [1.54, 1.807) is 23.9 Å². The second-order valence-corrected chi connectivity index (χ2v) is 8.32. The number of rotatable bonds is 4. The fourth-order valence-corrected chi connectivity index (χ4v) is 5.34. The van der Waals surface area contributed by atoms with Gasteiger partial charge in [-0.15, -0.1) is 11.8 Å². The molecule has 1 atom stereocenters. The van der Waals surface area contributed by atoms with Crippen LogP contribution < -0.4 is 9.46 Å². The fourth-order valence-electron chi connectivity index (χ4n) is 2.71. The zero-order valence-corrected chi connectivity index (χ0v) is 14.7. The lowest BCUT2D eigenvalue weighted by Crippen LogP contribution is -2.31. The molecule has 4 nitrogen and oxygen atoms in total. The molecule has 0 radical (unpaired) electrons. The van der Waals surface area contributed by atoms with Crippen LogP contribution in [0, 0.1) is 6.92 Å². The summed E-state index contributed by atoms with van der Waals surface area (Å²) in [4.78, 5) is 1.33. The number of sulfonamides is 1. The van der Waals surface area contributed by atoms with Crippen molar-refractivity contribution in [3.63, 3.8) is 0 Å². The van der Waals surface area contributed by atoms with Gasteiger partial charge in [0.1, 0.15) is 10.6 Å². The van der Waals surface area contributed by atoms with Crippen LogP contribution in [0.5, 0.6) is 5.75 Å². The minimum Gasteiger partial charge on any atom is -0.495 e. The van der Waals surface area contributed by atoms with Gasteiger partial charge >= 0.3 is 0 Å². The molecule has 1 aliphatic rings. The highest BCUT2D eigenvalue weighted by Gasteiger charge is 2.27. The van der Waals surface area contributed by atoms with Gasteiger partial charge in [-0.1, -0.05) is 24.3 Å². The summed E-state index contributed by atoms with van der Waals surface area (Å²) in [5, 5.41) is 0. The van der Waals surface area contributed by atoms with E-state index in [1.807, 2.05) is 37.3 Å². The average molecular weight is 349 g/mol. The second-order valence-electron chi connectivity index (χ2n) is 5.50. The summed E-state index contributed by atoms with van der Waals surface area (Å²) in [5.41, 5.74) is 1.92. The van der Waals surface area contributed by atoms with Crippen molar-refractivity contribution in [3.8, 4) is 5.75 Å². The Labute approximate surface area is 141 Å². The van der Waals surface area contributed by atoms with Gasteiger partial charge in [0.25, 0.3) is 0 Å². The molecule has 23 heavy (non-hydrogen) atoms. The molecule has 1 N–H and O–H groups in total. The topological polar surface area (TPSA) is 55.4 Å². The fraction of sp³-hybridized carbons (Fsp3) is 0.294. The second kappa shape index (κ2) is 6.55. The largest absolute Gasteiger partial charge is 0.495 e. The predicted molar refractivity (Wildman–Crippen MR) is 92.6 cm³/mol. The quantitative estimate of drug-likeness (QED) is 0.918. The molecule has 1 unspecified atom stereocenters. The molecule has 1 heterocycles. The van der Waals surface area contributed by atoms with E-state index < -0.39 is 10.0 Å². The Kier molecular flexibility index (Phi) is 4.66. The van der Waals surface area contributed by atoms with Crippen LogP contribution >= 0.6 is 11.8 Å². The third-order valence-electron chi connectivity index (χ3n) is 3.86. The van der Waals surface area contributed by atoms with Crippen LogP contribution in [-0.2, 0) is 10.0 Å². The zero-order chi connectivity index (χ0) is 16.4. The van der Waals surface area contributed by atoms with Crippen LogP contribution in [0.3, 0.4) is 0 Å². The molecular formula is C17H19NO3S2. The van der Waals surface area contributed by atoms with E-state index in [0.717, 1.165) is 28.2 Å². The molecule has 2 aromatic carbocycles. The van der Waals surface area contributed by atoms with Gasteiger partial charge < -0.3 is 4.74 Å². The zero-order valence-electron chi connectivity index (χ0n) is 13.1. The number of benzene rings is 2. The van der Waals surface area contributed by atoms with Crippen LogP contribution in [0.25, 0.3) is 0 Å². The van der Waals surface area contributed by atoms with E-state index >= 15 is 0 Å². The maximum absolute atomic E-state index is 12.8. The highest BCUT2D eigenvalue weighted by molar-refractivity contribution is 7.99. The number of fused-ring (bicyclic) bond motifs is 1. The lowest BCUT2D eigenvalue weighted by Gasteiger charge is -2.26. The van der Waals surface area contributed by atoms with E-state index in [9.17, 15) is 8.42 Å². The molecule has 2 aromatic rings. The van der Waals surface area contributed by atoms with E-state index in [4.69, 9.17) is 4.74 Å². The molecule has 0 aliphatic carbocycles. The third kappa shape index (κ3) is 3.39. The molecule has 0 amide bonds. The number of thioether (sulfide) groups is 1. The highest BCUT2D eigenvalue weighted by atomic mass is 32.2. The smallest absolute Gasteiger partial charge is 0.244 e. The normalized spacial score (nSPS) is 17.6. The standard InChI is InChI=1S/C17H19NO3S2/c1-12-7-8-15(21-2)17(11-12)23(19,20)18-14-9-10-22-16-6-4-3-5-13(14)16/h3-8,11,14,18H,9-10H2,1-2H3. The summed E-state index contributed by atoms with van der Waals surface area (Å²) in [6.07, 6.45) is 0.773. The Morgan fingerprint density at radius 2 is 2.00 bits per heavy atom. The maximum Gasteiger partial charge on any atom is 0.244 e. The van der Waals surface area contributed by atoms with Gasteiger partial charge in [0.05, 0.1) is 7.11 Å². The van der Waals surface area contributed by atoms with Crippen molar-refractivity contribution in [2.24, 2.45) is 0 Å². The van der Waals surface area contributed by atoms with Gasteiger partial charge in [-0.05, 0) is 48.4 Å². The van der Waals surface area contributed by atoms with E-state index in [2.05, 4.69) is 4.72 Å². The van der Waals surface area contributed by atoms with Crippen molar-refractivity contribution in [1.82, 2.24) is 4.72 Å². The van der Waals surface area contributed by atoms with Crippen molar-refractivity contribution in [2.75, 3.05) is 12.9 Å². The molecule has 122 valence electrons. The van der Waals surface area contributed by atoms with Gasteiger partial charge in [0.2, 0.25) is 10.0 Å². The predicted octanol–water partition coefficient (Wildman–Crippen LogP) is 3.52. The Bertz CT molecular complexity index is 818. The van der Waals surface area contributed by atoms with E-state index in [1.165, 1.54) is 7.11 Å². The van der Waals surface area contributed by atoms with Gasteiger partial charge in [0.15, 0.2) is 0 Å². The summed E-state index contributed by atoms with van der Waals surface area (Å²) in [6, 6.07) is 12.9. The SMILES string of the molecule is COc1ccc(C)cc1S(=O)(=O)NC1CCSc2ccccc21. The summed E-state index contributed by atoms with van der Waals surface area (Å²) in [6.45, 7) is 1.87. The molecule has 3 rings (SSSR count). The molecule has 0 aromatic heterocycles. The van der Waals surface area contributed by atoms with Crippen LogP contribution in [0.15, 0.2) is 52.3 Å². The molecule has 6 heteroatoms. The number of hydrogen-bond acceptors (Lipinski definition) is 4. The number of nitrogens with one attached hydrogen (secondary N) is 1. The van der Waals surface area contributed by atoms with Crippen molar-refractivity contribution in [2.45, 2.75) is 29.2 Å². The summed E-state index contributed by atoms with van der Waals surface area (Å²) >= 11 is 1.76. The minimum absolute atomic E-state index is 0.190. The van der Waals surface area contributed by atoms with Gasteiger partial charge in [-0.25, -0.2) is 13.1 Å². The molecule has 0 spiro atoms. The van der Waals surface area contributed by atoms with Crippen molar-refractivity contribution in [3.05, 3.63) is 53.6 Å². The van der Waals surface area contributed by atoms with Crippen LogP contribution in [0.4, 0.5) is 0 Å². The van der Waals surface area contributed by atoms with Gasteiger partial charge in [-0.2, -0.15) is 0 Å². The van der Waals surface area contributed by atoms with Crippen LogP contribution in [0.1, 0.15) is 23.6 Å². The van der Waals surface area contributed by atoms with Gasteiger partial charge in [0, 0.05) is 10.9 Å². The number of methoxy groups -OCH3 is 1. The first-order valence-electron chi connectivity index (χ1n) is 7.40. The van der Waals surface area contributed by atoms with Crippen molar-refractivity contribution >= 4 is 21.8 Å². The Morgan fingerprint density at radius 1 is 1.22 bits per heavy atom. The average Bonchev–Trinajstić information content (AvgIpc) is 2.55. The maximum atomic E-state index is 12.8. The molecule has 0 bridgehead atoms. The number of ether oxygens (including phenoxy) is 1. The summed E-state index contributed by atoms with van der Waals surface area (Å²) in [7, 11) is -2.17. The van der Waals surface area contributed by atoms with Gasteiger partial charge in [-0.3, -0.25) is 0 Å². The Balaban J connectivity index is 1.96. The van der Waals surface area contributed by atoms with Crippen LogP contribution in [0.2, 0.25) is 0 Å².